The number of halogens is 1. The molecule has 1 aromatic heterocycles. The van der Waals surface area contributed by atoms with Gasteiger partial charge in [-0.15, -0.1) is 0 Å². The summed E-state index contributed by atoms with van der Waals surface area (Å²) in [5, 5.41) is 10.2. The van der Waals surface area contributed by atoms with E-state index in [1.54, 1.807) is 18.0 Å². The van der Waals surface area contributed by atoms with Crippen molar-refractivity contribution in [3.63, 3.8) is 0 Å². The first-order valence-corrected chi connectivity index (χ1v) is 8.50. The lowest BCUT2D eigenvalue weighted by Gasteiger charge is -2.30. The number of pyridine rings is 1. The molecule has 1 fully saturated rings. The number of aldehydes is 1. The number of anilines is 2. The molecule has 0 saturated carbocycles. The highest BCUT2D eigenvalue weighted by Gasteiger charge is 2.22. The Hall–Kier alpha value is -2.32. The number of piperazine rings is 1. The van der Waals surface area contributed by atoms with E-state index in [1.807, 2.05) is 11.8 Å². The van der Waals surface area contributed by atoms with E-state index >= 15 is 0 Å². The fraction of sp³-hybridized carbons (Fsp3) is 0.500. The predicted octanol–water partition coefficient (Wildman–Crippen LogP) is 1.37. The molecule has 144 valence electrons. The molecule has 0 bridgehead atoms. The van der Waals surface area contributed by atoms with Crippen molar-refractivity contribution in [3.05, 3.63) is 29.2 Å². The van der Waals surface area contributed by atoms with Crippen molar-refractivity contribution >= 4 is 23.7 Å². The fourth-order valence-electron chi connectivity index (χ4n) is 2.62. The minimum atomic E-state index is -0.502. The van der Waals surface area contributed by atoms with Crippen LogP contribution in [0.25, 0.3) is 0 Å². The van der Waals surface area contributed by atoms with Crippen molar-refractivity contribution in [2.45, 2.75) is 20.8 Å². The summed E-state index contributed by atoms with van der Waals surface area (Å²) >= 11 is 0. The Kier molecular flexibility index (Phi) is 8.87. The quantitative estimate of drug-likeness (QED) is 0.447. The first-order valence-electron chi connectivity index (χ1n) is 8.50. The molecule has 1 saturated heterocycles. The second-order valence-corrected chi connectivity index (χ2v) is 5.74. The first kappa shape index (κ1) is 21.7. The zero-order chi connectivity index (χ0) is 19.7. The SMILES string of the molecule is CCN(/C=C(\C)C=O)c1nc(N2CCNCC2)c(F)cc1C(C)=O.CO. The van der Waals surface area contributed by atoms with Crippen LogP contribution in [0.1, 0.15) is 31.1 Å². The van der Waals surface area contributed by atoms with E-state index in [9.17, 15) is 14.0 Å². The minimum absolute atomic E-state index is 0.211. The summed E-state index contributed by atoms with van der Waals surface area (Å²) in [6.07, 6.45) is 2.36. The van der Waals surface area contributed by atoms with E-state index in [1.165, 1.54) is 13.0 Å². The van der Waals surface area contributed by atoms with Gasteiger partial charge in [-0.2, -0.15) is 0 Å². The highest BCUT2D eigenvalue weighted by atomic mass is 19.1. The third-order valence-corrected chi connectivity index (χ3v) is 3.89. The van der Waals surface area contributed by atoms with Gasteiger partial charge in [0.2, 0.25) is 0 Å². The van der Waals surface area contributed by atoms with Gasteiger partial charge in [0.05, 0.1) is 5.56 Å². The summed E-state index contributed by atoms with van der Waals surface area (Å²) in [5.74, 6) is -0.148. The van der Waals surface area contributed by atoms with Crippen LogP contribution in [0.15, 0.2) is 17.8 Å². The van der Waals surface area contributed by atoms with Gasteiger partial charge in [-0.3, -0.25) is 9.59 Å². The molecule has 26 heavy (non-hydrogen) atoms. The van der Waals surface area contributed by atoms with Crippen LogP contribution in [0, 0.1) is 5.82 Å². The molecule has 0 spiro atoms. The maximum Gasteiger partial charge on any atom is 0.167 e. The Morgan fingerprint density at radius 2 is 2.00 bits per heavy atom. The van der Waals surface area contributed by atoms with Crippen LogP contribution in [0.2, 0.25) is 0 Å². The van der Waals surface area contributed by atoms with E-state index < -0.39 is 5.82 Å². The zero-order valence-corrected chi connectivity index (χ0v) is 15.8. The number of ketones is 1. The number of aromatic nitrogens is 1. The third-order valence-electron chi connectivity index (χ3n) is 3.89. The standard InChI is InChI=1S/C17H23FN4O2.CH4O/c1-4-21(10-12(2)11-23)16-14(13(3)24)9-15(18)17(20-16)22-7-5-19-6-8-22;1-2/h9-11,19H,4-8H2,1-3H3;2H,1H3/b12-10+;. The van der Waals surface area contributed by atoms with E-state index in [2.05, 4.69) is 10.3 Å². The summed E-state index contributed by atoms with van der Waals surface area (Å²) in [7, 11) is 1.00. The molecule has 0 unspecified atom stereocenters. The highest BCUT2D eigenvalue weighted by molar-refractivity contribution is 5.99. The molecule has 0 atom stereocenters. The molecule has 0 aromatic carbocycles. The fourth-order valence-corrected chi connectivity index (χ4v) is 2.62. The molecule has 0 radical (unpaired) electrons. The van der Waals surface area contributed by atoms with Crippen molar-refractivity contribution < 1.29 is 19.1 Å². The van der Waals surface area contributed by atoms with Gasteiger partial charge in [0.1, 0.15) is 12.1 Å². The normalized spacial score (nSPS) is 14.4. The van der Waals surface area contributed by atoms with E-state index in [-0.39, 0.29) is 17.2 Å². The van der Waals surface area contributed by atoms with Crippen LogP contribution in [0.4, 0.5) is 16.0 Å². The van der Waals surface area contributed by atoms with Gasteiger partial charge in [-0.05, 0) is 26.8 Å². The van der Waals surface area contributed by atoms with E-state index in [4.69, 9.17) is 5.11 Å². The smallest absolute Gasteiger partial charge is 0.167 e. The molecule has 2 heterocycles. The van der Waals surface area contributed by atoms with E-state index in [0.29, 0.717) is 31.0 Å². The van der Waals surface area contributed by atoms with Gasteiger partial charge in [-0.1, -0.05) is 0 Å². The molecular weight excluding hydrogens is 339 g/mol. The summed E-state index contributed by atoms with van der Waals surface area (Å²) in [5.41, 5.74) is 0.712. The second kappa shape index (κ2) is 10.6. The van der Waals surface area contributed by atoms with Crippen molar-refractivity contribution in [1.29, 1.82) is 0 Å². The molecule has 2 N–H and O–H groups in total. The molecule has 1 aromatic rings. The highest BCUT2D eigenvalue weighted by Crippen LogP contribution is 2.27. The zero-order valence-electron chi connectivity index (χ0n) is 15.8. The first-order chi connectivity index (χ1) is 12.5. The van der Waals surface area contributed by atoms with Gasteiger partial charge in [0.25, 0.3) is 0 Å². The Morgan fingerprint density at radius 3 is 2.50 bits per heavy atom. The average molecular weight is 366 g/mol. The predicted molar refractivity (Wildman–Crippen MR) is 100 cm³/mol. The van der Waals surface area contributed by atoms with Crippen molar-refractivity contribution in [3.8, 4) is 0 Å². The van der Waals surface area contributed by atoms with Gasteiger partial charge < -0.3 is 20.2 Å². The van der Waals surface area contributed by atoms with Gasteiger partial charge in [0, 0.05) is 51.6 Å². The molecule has 0 aliphatic carbocycles. The van der Waals surface area contributed by atoms with Crippen LogP contribution in [-0.2, 0) is 4.79 Å². The molecule has 1 aliphatic rings. The maximum absolute atomic E-state index is 14.5. The second-order valence-electron chi connectivity index (χ2n) is 5.74. The summed E-state index contributed by atoms with van der Waals surface area (Å²) in [6, 6.07) is 1.24. The lowest BCUT2D eigenvalue weighted by molar-refractivity contribution is -0.104. The lowest BCUT2D eigenvalue weighted by atomic mass is 10.1. The number of aliphatic hydroxyl groups excluding tert-OH is 1. The number of hydrogen-bond donors (Lipinski definition) is 2. The molecule has 2 rings (SSSR count). The number of Topliss-reactive ketones (excluding diaryl/α,β-unsaturated/α-hetero) is 1. The molecule has 7 nitrogen and oxygen atoms in total. The van der Waals surface area contributed by atoms with Crippen LogP contribution in [0.3, 0.4) is 0 Å². The lowest BCUT2D eigenvalue weighted by Crippen LogP contribution is -2.44. The number of nitrogens with one attached hydrogen (secondary N) is 1. The van der Waals surface area contributed by atoms with Crippen LogP contribution < -0.4 is 15.1 Å². The average Bonchev–Trinajstić information content (AvgIpc) is 2.68. The van der Waals surface area contributed by atoms with E-state index in [0.717, 1.165) is 26.5 Å². The monoisotopic (exact) mass is 366 g/mol. The largest absolute Gasteiger partial charge is 0.400 e. The van der Waals surface area contributed by atoms with Crippen molar-refractivity contribution in [2.75, 3.05) is 49.6 Å². The van der Waals surface area contributed by atoms with Crippen molar-refractivity contribution in [1.82, 2.24) is 10.3 Å². The number of carbonyl (C=O) groups excluding carboxylic acids is 2. The molecular formula is C18H27FN4O3. The molecule has 8 heteroatoms. The Morgan fingerprint density at radius 1 is 1.38 bits per heavy atom. The number of hydrogen-bond acceptors (Lipinski definition) is 7. The Bertz CT molecular complexity index is 658. The number of allylic oxidation sites excluding steroid dienone is 1. The Labute approximate surface area is 153 Å². The number of carbonyl (C=O) groups is 2. The van der Waals surface area contributed by atoms with Crippen LogP contribution >= 0.6 is 0 Å². The summed E-state index contributed by atoms with van der Waals surface area (Å²) < 4.78 is 14.5. The third kappa shape index (κ3) is 5.34. The Balaban J connectivity index is 0.00000163. The topological polar surface area (TPSA) is 85.8 Å². The molecule has 0 amide bonds. The van der Waals surface area contributed by atoms with Crippen molar-refractivity contribution in [2.24, 2.45) is 0 Å². The number of nitrogens with zero attached hydrogens (tertiary/aromatic N) is 3. The van der Waals surface area contributed by atoms with Crippen LogP contribution in [0.5, 0.6) is 0 Å². The number of aliphatic hydroxyl groups is 1. The van der Waals surface area contributed by atoms with Crippen LogP contribution in [-0.4, -0.2) is 62.0 Å². The van der Waals surface area contributed by atoms with Gasteiger partial charge in [-0.25, -0.2) is 9.37 Å². The van der Waals surface area contributed by atoms with Gasteiger partial charge >= 0.3 is 0 Å². The number of rotatable bonds is 6. The summed E-state index contributed by atoms with van der Waals surface area (Å²) in [4.78, 5) is 30.9. The molecule has 1 aliphatic heterocycles. The maximum atomic E-state index is 14.5. The minimum Gasteiger partial charge on any atom is -0.400 e. The summed E-state index contributed by atoms with van der Waals surface area (Å²) in [6.45, 7) is 8.26. The van der Waals surface area contributed by atoms with Gasteiger partial charge in [0.15, 0.2) is 17.4 Å².